The van der Waals surface area contributed by atoms with Gasteiger partial charge in [0.25, 0.3) is 0 Å². The lowest BCUT2D eigenvalue weighted by Crippen LogP contribution is -2.24. The molecule has 0 aromatic heterocycles. The normalized spacial score (nSPS) is 16.1. The van der Waals surface area contributed by atoms with E-state index >= 15 is 0 Å². The van der Waals surface area contributed by atoms with Crippen molar-refractivity contribution in [3.8, 4) is 0 Å². The van der Waals surface area contributed by atoms with Crippen molar-refractivity contribution >= 4 is 23.3 Å². The lowest BCUT2D eigenvalue weighted by molar-refractivity contribution is -0.116. The Morgan fingerprint density at radius 1 is 1.17 bits per heavy atom. The van der Waals surface area contributed by atoms with Crippen molar-refractivity contribution in [3.63, 3.8) is 0 Å². The average molecular weight is 324 g/mol. The maximum Gasteiger partial charge on any atom is 0.337 e. The summed E-state index contributed by atoms with van der Waals surface area (Å²) >= 11 is 0. The minimum atomic E-state index is -0.362. The van der Waals surface area contributed by atoms with Gasteiger partial charge in [-0.15, -0.1) is 0 Å². The molecule has 3 rings (SSSR count). The molecule has 124 valence electrons. The van der Waals surface area contributed by atoms with Gasteiger partial charge in [-0.25, -0.2) is 4.79 Å². The molecule has 0 saturated heterocycles. The van der Waals surface area contributed by atoms with Crippen LogP contribution in [0.4, 0.5) is 11.4 Å². The molecule has 0 spiro atoms. The standard InChI is InChI=1S/C19H20N2O3/c1-21(2)14-8-9-15-16(11-18(22)20-17(15)10-14)12-4-6-13(7-5-12)19(23)24-3/h4-10,16H,11H2,1-3H3,(H,20,22). The fourth-order valence-corrected chi connectivity index (χ4v) is 3.00. The zero-order chi connectivity index (χ0) is 17.3. The number of carbonyl (C=O) groups excluding carboxylic acids is 2. The fraction of sp³-hybridized carbons (Fsp3) is 0.263. The summed E-state index contributed by atoms with van der Waals surface area (Å²) in [5.41, 5.74) is 4.49. The second kappa shape index (κ2) is 6.35. The topological polar surface area (TPSA) is 58.6 Å². The van der Waals surface area contributed by atoms with Crippen LogP contribution in [-0.2, 0) is 9.53 Å². The number of esters is 1. The van der Waals surface area contributed by atoms with Crippen molar-refractivity contribution < 1.29 is 14.3 Å². The summed E-state index contributed by atoms with van der Waals surface area (Å²) in [6.45, 7) is 0. The van der Waals surface area contributed by atoms with Crippen LogP contribution in [0.5, 0.6) is 0 Å². The zero-order valence-corrected chi connectivity index (χ0v) is 14.0. The first-order chi connectivity index (χ1) is 11.5. The van der Waals surface area contributed by atoms with Crippen LogP contribution in [0.25, 0.3) is 0 Å². The molecule has 2 aromatic carbocycles. The Labute approximate surface area is 141 Å². The van der Waals surface area contributed by atoms with E-state index in [1.54, 1.807) is 12.1 Å². The number of benzene rings is 2. The highest BCUT2D eigenvalue weighted by molar-refractivity contribution is 5.96. The van der Waals surface area contributed by atoms with Crippen molar-refractivity contribution in [2.75, 3.05) is 31.4 Å². The van der Waals surface area contributed by atoms with E-state index in [4.69, 9.17) is 4.74 Å². The number of nitrogens with zero attached hydrogens (tertiary/aromatic N) is 1. The second-order valence-electron chi connectivity index (χ2n) is 6.08. The molecular formula is C19H20N2O3. The van der Waals surface area contributed by atoms with Crippen LogP contribution < -0.4 is 10.2 Å². The molecule has 1 unspecified atom stereocenters. The van der Waals surface area contributed by atoms with Crippen molar-refractivity contribution in [2.45, 2.75) is 12.3 Å². The molecule has 2 aromatic rings. The van der Waals surface area contributed by atoms with Crippen molar-refractivity contribution in [1.82, 2.24) is 0 Å². The Balaban J connectivity index is 1.98. The lowest BCUT2D eigenvalue weighted by atomic mass is 9.84. The van der Waals surface area contributed by atoms with Gasteiger partial charge in [0.05, 0.1) is 12.7 Å². The maximum atomic E-state index is 12.1. The van der Waals surface area contributed by atoms with Gasteiger partial charge in [-0.05, 0) is 35.4 Å². The highest BCUT2D eigenvalue weighted by Gasteiger charge is 2.27. The number of hydrogen-bond acceptors (Lipinski definition) is 4. The van der Waals surface area contributed by atoms with E-state index in [9.17, 15) is 9.59 Å². The van der Waals surface area contributed by atoms with Crippen LogP contribution in [0, 0.1) is 0 Å². The highest BCUT2D eigenvalue weighted by atomic mass is 16.5. The molecule has 1 heterocycles. The van der Waals surface area contributed by atoms with Gasteiger partial charge in [0, 0.05) is 37.8 Å². The summed E-state index contributed by atoms with van der Waals surface area (Å²) in [5.74, 6) is -0.379. The monoisotopic (exact) mass is 324 g/mol. The fourth-order valence-electron chi connectivity index (χ4n) is 3.00. The number of methoxy groups -OCH3 is 1. The zero-order valence-electron chi connectivity index (χ0n) is 14.0. The Morgan fingerprint density at radius 2 is 1.88 bits per heavy atom. The molecule has 5 nitrogen and oxygen atoms in total. The minimum absolute atomic E-state index is 0.000417. The van der Waals surface area contributed by atoms with E-state index in [0.29, 0.717) is 12.0 Å². The molecule has 24 heavy (non-hydrogen) atoms. The van der Waals surface area contributed by atoms with Crippen LogP contribution in [0.15, 0.2) is 42.5 Å². The van der Waals surface area contributed by atoms with Crippen LogP contribution >= 0.6 is 0 Å². The van der Waals surface area contributed by atoms with Gasteiger partial charge in [0.2, 0.25) is 5.91 Å². The molecule has 0 bridgehead atoms. The minimum Gasteiger partial charge on any atom is -0.465 e. The van der Waals surface area contributed by atoms with Crippen LogP contribution in [-0.4, -0.2) is 33.1 Å². The Hall–Kier alpha value is -2.82. The number of nitrogens with one attached hydrogen (secondary N) is 1. The predicted octanol–water partition coefficient (Wildman–Crippen LogP) is 3.01. The third kappa shape index (κ3) is 2.97. The maximum absolute atomic E-state index is 12.1. The molecule has 5 heteroatoms. The number of carbonyl (C=O) groups is 2. The summed E-state index contributed by atoms with van der Waals surface area (Å²) in [4.78, 5) is 25.7. The summed E-state index contributed by atoms with van der Waals surface area (Å²) in [7, 11) is 5.30. The number of ether oxygens (including phenoxy) is 1. The molecule has 1 amide bonds. The smallest absolute Gasteiger partial charge is 0.337 e. The van der Waals surface area contributed by atoms with Crippen LogP contribution in [0.2, 0.25) is 0 Å². The predicted molar refractivity (Wildman–Crippen MR) is 93.6 cm³/mol. The molecule has 0 radical (unpaired) electrons. The van der Waals surface area contributed by atoms with E-state index in [1.165, 1.54) is 7.11 Å². The molecule has 0 saturated carbocycles. The van der Waals surface area contributed by atoms with Gasteiger partial charge >= 0.3 is 5.97 Å². The molecule has 1 atom stereocenters. The van der Waals surface area contributed by atoms with E-state index in [2.05, 4.69) is 11.4 Å². The SMILES string of the molecule is COC(=O)c1ccc(C2CC(=O)Nc3cc(N(C)C)ccc32)cc1. The second-order valence-corrected chi connectivity index (χ2v) is 6.08. The highest BCUT2D eigenvalue weighted by Crippen LogP contribution is 2.38. The Morgan fingerprint density at radius 3 is 2.50 bits per heavy atom. The van der Waals surface area contributed by atoms with E-state index in [0.717, 1.165) is 22.5 Å². The molecular weight excluding hydrogens is 304 g/mol. The van der Waals surface area contributed by atoms with Crippen LogP contribution in [0.1, 0.15) is 33.8 Å². The van der Waals surface area contributed by atoms with Crippen LogP contribution in [0.3, 0.4) is 0 Å². The Bertz CT molecular complexity index is 782. The van der Waals surface area contributed by atoms with E-state index < -0.39 is 0 Å². The first-order valence-electron chi connectivity index (χ1n) is 7.79. The Kier molecular flexibility index (Phi) is 4.25. The largest absolute Gasteiger partial charge is 0.465 e. The van der Waals surface area contributed by atoms with Crippen molar-refractivity contribution in [2.24, 2.45) is 0 Å². The quantitative estimate of drug-likeness (QED) is 0.882. The third-order valence-corrected chi connectivity index (χ3v) is 4.33. The molecule has 1 aliphatic heterocycles. The van der Waals surface area contributed by atoms with E-state index in [-0.39, 0.29) is 17.8 Å². The first-order valence-corrected chi connectivity index (χ1v) is 7.79. The number of hydrogen-bond donors (Lipinski definition) is 1. The van der Waals surface area contributed by atoms with Gasteiger partial charge in [-0.1, -0.05) is 18.2 Å². The first kappa shape index (κ1) is 16.1. The summed E-state index contributed by atoms with van der Waals surface area (Å²) in [5, 5.41) is 2.95. The third-order valence-electron chi connectivity index (χ3n) is 4.33. The summed E-state index contributed by atoms with van der Waals surface area (Å²) < 4.78 is 4.72. The lowest BCUT2D eigenvalue weighted by Gasteiger charge is -2.27. The number of fused-ring (bicyclic) bond motifs is 1. The summed E-state index contributed by atoms with van der Waals surface area (Å²) in [6, 6.07) is 13.3. The molecule has 1 N–H and O–H groups in total. The molecule has 0 aliphatic carbocycles. The molecule has 1 aliphatic rings. The van der Waals surface area contributed by atoms with Crippen molar-refractivity contribution in [3.05, 3.63) is 59.2 Å². The molecule has 0 fully saturated rings. The number of amides is 1. The van der Waals surface area contributed by atoms with Gasteiger partial charge < -0.3 is 15.0 Å². The van der Waals surface area contributed by atoms with Gasteiger partial charge in [-0.2, -0.15) is 0 Å². The number of anilines is 2. The van der Waals surface area contributed by atoms with Gasteiger partial charge in [0.15, 0.2) is 0 Å². The van der Waals surface area contributed by atoms with Gasteiger partial charge in [0.1, 0.15) is 0 Å². The average Bonchev–Trinajstić information content (AvgIpc) is 2.59. The van der Waals surface area contributed by atoms with Crippen molar-refractivity contribution in [1.29, 1.82) is 0 Å². The summed E-state index contributed by atoms with van der Waals surface area (Å²) in [6.07, 6.45) is 0.395. The number of rotatable bonds is 3. The van der Waals surface area contributed by atoms with Gasteiger partial charge in [-0.3, -0.25) is 4.79 Å². The van der Waals surface area contributed by atoms with E-state index in [1.807, 2.05) is 43.3 Å².